The number of benzene rings is 2. The number of aliphatic carboxylic acids is 1. The molecule has 7 nitrogen and oxygen atoms in total. The summed E-state index contributed by atoms with van der Waals surface area (Å²) in [5.74, 6) is -4.61. The van der Waals surface area contributed by atoms with Gasteiger partial charge in [0.15, 0.2) is 5.54 Å². The quantitative estimate of drug-likeness (QED) is 0.449. The van der Waals surface area contributed by atoms with Crippen LogP contribution in [0.5, 0.6) is 0 Å². The topological polar surface area (TPSA) is 116 Å². The number of amides is 2. The van der Waals surface area contributed by atoms with E-state index in [9.17, 15) is 24.6 Å². The summed E-state index contributed by atoms with van der Waals surface area (Å²) in [5, 5.41) is 24.5. The minimum Gasteiger partial charge on any atom is -0.480 e. The first-order valence-electron chi connectivity index (χ1n) is 9.26. The highest BCUT2D eigenvalue weighted by Crippen LogP contribution is 2.46. The first-order valence-corrected chi connectivity index (χ1v) is 9.26. The van der Waals surface area contributed by atoms with Crippen molar-refractivity contribution >= 4 is 29.9 Å². The lowest BCUT2D eigenvalue weighted by Crippen LogP contribution is -2.58. The van der Waals surface area contributed by atoms with Crippen molar-refractivity contribution in [3.05, 3.63) is 71.3 Å². The summed E-state index contributed by atoms with van der Waals surface area (Å²) in [4.78, 5) is 36.5. The first kappa shape index (κ1) is 19.0. The molecule has 0 saturated carbocycles. The Hall–Kier alpha value is -3.29. The van der Waals surface area contributed by atoms with Crippen LogP contribution in [0.4, 0.5) is 0 Å². The van der Waals surface area contributed by atoms with Crippen LogP contribution >= 0.6 is 0 Å². The van der Waals surface area contributed by atoms with Crippen LogP contribution in [0.1, 0.15) is 22.7 Å². The summed E-state index contributed by atoms with van der Waals surface area (Å²) < 4.78 is 0. The maximum absolute atomic E-state index is 12.3. The Kier molecular flexibility index (Phi) is 4.77. The summed E-state index contributed by atoms with van der Waals surface area (Å²) in [6.45, 7) is -0.793. The van der Waals surface area contributed by atoms with Gasteiger partial charge in [-0.05, 0) is 16.7 Å². The fraction of sp³-hybridized carbons (Fsp3) is 0.227. The van der Waals surface area contributed by atoms with E-state index in [-0.39, 0.29) is 0 Å². The van der Waals surface area contributed by atoms with Crippen molar-refractivity contribution in [1.29, 1.82) is 0 Å². The molecule has 2 heterocycles. The normalized spacial score (nSPS) is 28.5. The number of aliphatic hydroxyl groups excluding tert-OH is 1. The van der Waals surface area contributed by atoms with Gasteiger partial charge in [0, 0.05) is 6.04 Å². The molecule has 4 unspecified atom stereocenters. The van der Waals surface area contributed by atoms with E-state index < -0.39 is 47.8 Å². The molecule has 2 fully saturated rings. The van der Waals surface area contributed by atoms with E-state index in [4.69, 9.17) is 0 Å². The van der Waals surface area contributed by atoms with Crippen LogP contribution in [-0.2, 0) is 14.4 Å². The number of hydrogen-bond donors (Lipinski definition) is 4. The summed E-state index contributed by atoms with van der Waals surface area (Å²) >= 11 is 0. The number of rotatable bonds is 5. The Balaban J connectivity index is 1.62. The second kappa shape index (κ2) is 7.27. The molecule has 0 aromatic heterocycles. The van der Waals surface area contributed by atoms with Gasteiger partial charge in [-0.25, -0.2) is 0 Å². The molecule has 2 aliphatic heterocycles. The standard InChI is InChI=1S/C22H20N2O5/c25-12-22(21(28)29)17-16(19(26)23-20(17)27)18(24-22)15-10-8-14(9-11-15)7-6-13-4-2-1-3-5-13/h1-11,16-18,24-25H,12H2,(H,28,29)(H,23,26,27)/b7-6+. The lowest BCUT2D eigenvalue weighted by molar-refractivity contribution is -0.151. The van der Waals surface area contributed by atoms with E-state index in [1.165, 1.54) is 0 Å². The maximum atomic E-state index is 12.3. The highest BCUT2D eigenvalue weighted by atomic mass is 16.4. The van der Waals surface area contributed by atoms with E-state index in [1.807, 2.05) is 54.6 Å². The summed E-state index contributed by atoms with van der Waals surface area (Å²) in [7, 11) is 0. The largest absolute Gasteiger partial charge is 0.480 e. The Morgan fingerprint density at radius 2 is 1.59 bits per heavy atom. The van der Waals surface area contributed by atoms with E-state index >= 15 is 0 Å². The van der Waals surface area contributed by atoms with E-state index in [2.05, 4.69) is 10.6 Å². The first-order chi connectivity index (χ1) is 14.0. The van der Waals surface area contributed by atoms with Gasteiger partial charge in [-0.15, -0.1) is 0 Å². The predicted molar refractivity (Wildman–Crippen MR) is 105 cm³/mol. The molecule has 4 atom stereocenters. The number of nitrogens with one attached hydrogen (secondary N) is 2. The predicted octanol–water partition coefficient (Wildman–Crippen LogP) is 1.21. The van der Waals surface area contributed by atoms with Crippen molar-refractivity contribution in [3.63, 3.8) is 0 Å². The smallest absolute Gasteiger partial charge is 0.327 e. The van der Waals surface area contributed by atoms with Gasteiger partial charge < -0.3 is 10.2 Å². The SMILES string of the molecule is O=C1NC(=O)C2C1C(c1ccc(/C=C/c3ccccc3)cc1)NC2(CO)C(=O)O. The highest BCUT2D eigenvalue weighted by Gasteiger charge is 2.66. The average molecular weight is 392 g/mol. The van der Waals surface area contributed by atoms with Crippen LogP contribution in [0.15, 0.2) is 54.6 Å². The van der Waals surface area contributed by atoms with E-state index in [0.717, 1.165) is 11.1 Å². The Morgan fingerprint density at radius 1 is 0.966 bits per heavy atom. The Labute approximate surface area is 167 Å². The average Bonchev–Trinajstić information content (AvgIpc) is 3.24. The molecule has 29 heavy (non-hydrogen) atoms. The molecular weight excluding hydrogens is 372 g/mol. The zero-order valence-electron chi connectivity index (χ0n) is 15.4. The highest BCUT2D eigenvalue weighted by molar-refractivity contribution is 6.09. The van der Waals surface area contributed by atoms with Crippen LogP contribution in [0.3, 0.4) is 0 Å². The lowest BCUT2D eigenvalue weighted by atomic mass is 9.79. The van der Waals surface area contributed by atoms with Gasteiger partial charge >= 0.3 is 5.97 Å². The second-order valence-corrected chi connectivity index (χ2v) is 7.32. The van der Waals surface area contributed by atoms with Crippen molar-refractivity contribution < 1.29 is 24.6 Å². The number of carbonyl (C=O) groups is 3. The molecule has 0 bridgehead atoms. The molecule has 2 aliphatic rings. The third-order valence-electron chi connectivity index (χ3n) is 5.69. The van der Waals surface area contributed by atoms with Crippen molar-refractivity contribution in [2.75, 3.05) is 6.61 Å². The van der Waals surface area contributed by atoms with Crippen molar-refractivity contribution in [2.24, 2.45) is 11.8 Å². The number of imide groups is 1. The van der Waals surface area contributed by atoms with E-state index in [1.54, 1.807) is 12.1 Å². The molecule has 7 heteroatoms. The molecule has 4 N–H and O–H groups in total. The molecule has 4 rings (SSSR count). The van der Waals surface area contributed by atoms with Gasteiger partial charge in [-0.1, -0.05) is 66.7 Å². The van der Waals surface area contributed by atoms with Crippen LogP contribution in [0.25, 0.3) is 12.2 Å². The lowest BCUT2D eigenvalue weighted by Gasteiger charge is -2.27. The van der Waals surface area contributed by atoms with Gasteiger partial charge in [0.1, 0.15) is 0 Å². The van der Waals surface area contributed by atoms with Crippen molar-refractivity contribution in [3.8, 4) is 0 Å². The van der Waals surface area contributed by atoms with Gasteiger partial charge in [-0.2, -0.15) is 0 Å². The van der Waals surface area contributed by atoms with Crippen molar-refractivity contribution in [2.45, 2.75) is 11.6 Å². The zero-order chi connectivity index (χ0) is 20.6. The zero-order valence-corrected chi connectivity index (χ0v) is 15.4. The fourth-order valence-corrected chi connectivity index (χ4v) is 4.20. The molecule has 0 spiro atoms. The molecule has 0 aliphatic carbocycles. The minimum atomic E-state index is -1.89. The fourth-order valence-electron chi connectivity index (χ4n) is 4.20. The number of carboxylic acids is 1. The Bertz CT molecular complexity index is 986. The van der Waals surface area contributed by atoms with Crippen LogP contribution in [0, 0.1) is 11.8 Å². The minimum absolute atomic E-state index is 0.526. The summed E-state index contributed by atoms with van der Waals surface area (Å²) in [6, 6.07) is 16.5. The number of carboxylic acid groups (broad SMARTS) is 1. The molecule has 2 saturated heterocycles. The third-order valence-corrected chi connectivity index (χ3v) is 5.69. The molecule has 148 valence electrons. The maximum Gasteiger partial charge on any atom is 0.327 e. The molecule has 2 amide bonds. The van der Waals surface area contributed by atoms with Crippen LogP contribution < -0.4 is 10.6 Å². The Morgan fingerprint density at radius 3 is 2.17 bits per heavy atom. The molecule has 2 aromatic rings. The summed E-state index contributed by atoms with van der Waals surface area (Å²) in [6.07, 6.45) is 3.92. The van der Waals surface area contributed by atoms with E-state index in [0.29, 0.717) is 5.56 Å². The van der Waals surface area contributed by atoms with Gasteiger partial charge in [-0.3, -0.25) is 25.0 Å². The van der Waals surface area contributed by atoms with Crippen LogP contribution in [-0.4, -0.2) is 40.1 Å². The second-order valence-electron chi connectivity index (χ2n) is 7.32. The third kappa shape index (κ3) is 3.14. The number of fused-ring (bicyclic) bond motifs is 1. The van der Waals surface area contributed by atoms with Crippen LogP contribution in [0.2, 0.25) is 0 Å². The van der Waals surface area contributed by atoms with Crippen molar-refractivity contribution in [1.82, 2.24) is 10.6 Å². The van der Waals surface area contributed by atoms with Gasteiger partial charge in [0.05, 0.1) is 18.4 Å². The summed E-state index contributed by atoms with van der Waals surface area (Å²) in [5.41, 5.74) is 0.786. The van der Waals surface area contributed by atoms with Gasteiger partial charge in [0.25, 0.3) is 0 Å². The number of carbonyl (C=O) groups excluding carboxylic acids is 2. The molecule has 0 radical (unpaired) electrons. The molecular formula is C22H20N2O5. The monoisotopic (exact) mass is 392 g/mol. The molecule has 2 aromatic carbocycles. The van der Waals surface area contributed by atoms with Gasteiger partial charge in [0.2, 0.25) is 11.8 Å². The number of aliphatic hydroxyl groups is 1. The number of hydrogen-bond acceptors (Lipinski definition) is 5.